The highest BCUT2D eigenvalue weighted by molar-refractivity contribution is 6.00. The molecular formula is C17H23N3O4. The molecular weight excluding hydrogens is 310 g/mol. The van der Waals surface area contributed by atoms with Gasteiger partial charge in [0, 0.05) is 25.2 Å². The molecule has 3 rings (SSSR count). The summed E-state index contributed by atoms with van der Waals surface area (Å²) in [5.74, 6) is 0.438. The third-order valence-electron chi connectivity index (χ3n) is 4.71. The molecule has 1 fully saturated rings. The summed E-state index contributed by atoms with van der Waals surface area (Å²) in [7, 11) is 0. The smallest absolute Gasteiger partial charge is 0.271 e. The van der Waals surface area contributed by atoms with E-state index in [1.54, 1.807) is 11.0 Å². The van der Waals surface area contributed by atoms with E-state index in [0.717, 1.165) is 19.6 Å². The molecule has 2 aliphatic rings. The van der Waals surface area contributed by atoms with Gasteiger partial charge in [-0.1, -0.05) is 13.3 Å². The van der Waals surface area contributed by atoms with Crippen LogP contribution in [0.3, 0.4) is 0 Å². The SMILES string of the molecule is CCC1Oc2ccc([N+](=O)[O-])cc2N(CCN2CCCCC2)C1=O. The van der Waals surface area contributed by atoms with Gasteiger partial charge < -0.3 is 14.5 Å². The number of amides is 1. The number of nitro benzene ring substituents is 1. The fraction of sp³-hybridized carbons (Fsp3) is 0.588. The Bertz CT molecular complexity index is 628. The zero-order valence-corrected chi connectivity index (χ0v) is 13.9. The number of hydrogen-bond donors (Lipinski definition) is 0. The van der Waals surface area contributed by atoms with Crippen LogP contribution in [0.2, 0.25) is 0 Å². The maximum atomic E-state index is 12.7. The first kappa shape index (κ1) is 16.7. The number of piperidine rings is 1. The van der Waals surface area contributed by atoms with Gasteiger partial charge >= 0.3 is 0 Å². The fourth-order valence-electron chi connectivity index (χ4n) is 3.34. The lowest BCUT2D eigenvalue weighted by molar-refractivity contribution is -0.384. The van der Waals surface area contributed by atoms with Gasteiger partial charge in [-0.05, 0) is 38.4 Å². The molecule has 0 radical (unpaired) electrons. The van der Waals surface area contributed by atoms with E-state index < -0.39 is 11.0 Å². The number of nitrogens with zero attached hydrogens (tertiary/aromatic N) is 3. The normalized spacial score (nSPS) is 21.3. The van der Waals surface area contributed by atoms with E-state index in [4.69, 9.17) is 4.74 Å². The minimum atomic E-state index is -0.514. The molecule has 130 valence electrons. The van der Waals surface area contributed by atoms with E-state index in [2.05, 4.69) is 4.90 Å². The predicted octanol–water partition coefficient (Wildman–Crippen LogP) is 2.58. The minimum Gasteiger partial charge on any atom is -0.478 e. The Morgan fingerprint density at radius 1 is 1.25 bits per heavy atom. The van der Waals surface area contributed by atoms with Gasteiger partial charge in [-0.25, -0.2) is 0 Å². The minimum absolute atomic E-state index is 0.0249. The zero-order chi connectivity index (χ0) is 17.1. The van der Waals surface area contributed by atoms with Crippen molar-refractivity contribution in [1.82, 2.24) is 4.90 Å². The molecule has 7 heteroatoms. The summed E-state index contributed by atoms with van der Waals surface area (Å²) in [6.07, 6.45) is 3.71. The molecule has 1 aromatic rings. The summed E-state index contributed by atoms with van der Waals surface area (Å²) in [5, 5.41) is 11.1. The molecule has 1 unspecified atom stereocenters. The van der Waals surface area contributed by atoms with Crippen molar-refractivity contribution < 1.29 is 14.5 Å². The molecule has 0 saturated carbocycles. The molecule has 2 aliphatic heterocycles. The molecule has 24 heavy (non-hydrogen) atoms. The number of fused-ring (bicyclic) bond motifs is 1. The van der Waals surface area contributed by atoms with E-state index in [1.165, 1.54) is 31.4 Å². The Hall–Kier alpha value is -2.15. The Kier molecular flexibility index (Phi) is 4.99. The Balaban J connectivity index is 1.83. The number of anilines is 1. The molecule has 0 N–H and O–H groups in total. The summed E-state index contributed by atoms with van der Waals surface area (Å²) in [4.78, 5) is 27.3. The van der Waals surface area contributed by atoms with Crippen LogP contribution in [0.5, 0.6) is 5.75 Å². The number of hydrogen-bond acceptors (Lipinski definition) is 5. The third-order valence-corrected chi connectivity index (χ3v) is 4.71. The van der Waals surface area contributed by atoms with Gasteiger partial charge in [-0.15, -0.1) is 0 Å². The second-order valence-corrected chi connectivity index (χ2v) is 6.32. The van der Waals surface area contributed by atoms with Crippen LogP contribution in [0.15, 0.2) is 18.2 Å². The molecule has 1 amide bonds. The highest BCUT2D eigenvalue weighted by Gasteiger charge is 2.34. The number of nitro groups is 1. The van der Waals surface area contributed by atoms with E-state index in [-0.39, 0.29) is 11.6 Å². The highest BCUT2D eigenvalue weighted by Crippen LogP contribution is 2.37. The van der Waals surface area contributed by atoms with Crippen LogP contribution >= 0.6 is 0 Å². The summed E-state index contributed by atoms with van der Waals surface area (Å²) >= 11 is 0. The van der Waals surface area contributed by atoms with Gasteiger partial charge in [0.15, 0.2) is 6.10 Å². The monoisotopic (exact) mass is 333 g/mol. The van der Waals surface area contributed by atoms with Crippen LogP contribution in [-0.2, 0) is 4.79 Å². The molecule has 7 nitrogen and oxygen atoms in total. The summed E-state index contributed by atoms with van der Waals surface area (Å²) in [6, 6.07) is 4.45. The lowest BCUT2D eigenvalue weighted by Crippen LogP contribution is -2.48. The van der Waals surface area contributed by atoms with Gasteiger partial charge in [0.2, 0.25) is 0 Å². The van der Waals surface area contributed by atoms with Crippen LogP contribution in [0.1, 0.15) is 32.6 Å². The Morgan fingerprint density at radius 3 is 2.67 bits per heavy atom. The fourth-order valence-corrected chi connectivity index (χ4v) is 3.34. The van der Waals surface area contributed by atoms with Crippen molar-refractivity contribution in [3.05, 3.63) is 28.3 Å². The number of carbonyl (C=O) groups excluding carboxylic acids is 1. The van der Waals surface area contributed by atoms with Crippen LogP contribution in [-0.4, -0.2) is 48.0 Å². The third kappa shape index (κ3) is 3.36. The number of benzene rings is 1. The van der Waals surface area contributed by atoms with E-state index in [0.29, 0.717) is 24.4 Å². The first-order chi connectivity index (χ1) is 11.6. The first-order valence-corrected chi connectivity index (χ1v) is 8.59. The number of carbonyl (C=O) groups is 1. The molecule has 0 aliphatic carbocycles. The van der Waals surface area contributed by atoms with Crippen LogP contribution < -0.4 is 9.64 Å². The topological polar surface area (TPSA) is 75.9 Å². The summed E-state index contributed by atoms with van der Waals surface area (Å²) in [5.41, 5.74) is 0.485. The highest BCUT2D eigenvalue weighted by atomic mass is 16.6. The average Bonchev–Trinajstić information content (AvgIpc) is 2.60. The van der Waals surface area contributed by atoms with Crippen molar-refractivity contribution in [1.29, 1.82) is 0 Å². The quantitative estimate of drug-likeness (QED) is 0.611. The molecule has 2 heterocycles. The maximum Gasteiger partial charge on any atom is 0.271 e. The number of likely N-dealkylation sites (tertiary alicyclic amines) is 1. The average molecular weight is 333 g/mol. The van der Waals surface area contributed by atoms with Gasteiger partial charge in [0.25, 0.3) is 11.6 Å². The Labute approximate surface area is 141 Å². The summed E-state index contributed by atoms with van der Waals surface area (Å²) < 4.78 is 5.72. The standard InChI is InChI=1S/C17H23N3O4/c1-2-15-17(21)19(11-10-18-8-4-3-5-9-18)14-12-13(20(22)23)6-7-16(14)24-15/h6-7,12,15H,2-5,8-11H2,1H3. The van der Waals surface area contributed by atoms with Gasteiger partial charge in [-0.3, -0.25) is 14.9 Å². The lowest BCUT2D eigenvalue weighted by Gasteiger charge is -2.36. The van der Waals surface area contributed by atoms with E-state index in [1.807, 2.05) is 6.92 Å². The number of ether oxygens (including phenoxy) is 1. The van der Waals surface area contributed by atoms with Gasteiger partial charge in [0.05, 0.1) is 10.6 Å². The molecule has 1 saturated heterocycles. The van der Waals surface area contributed by atoms with E-state index in [9.17, 15) is 14.9 Å². The zero-order valence-electron chi connectivity index (χ0n) is 13.9. The van der Waals surface area contributed by atoms with Crippen molar-refractivity contribution in [3.8, 4) is 5.75 Å². The van der Waals surface area contributed by atoms with Crippen molar-refractivity contribution in [2.75, 3.05) is 31.1 Å². The largest absolute Gasteiger partial charge is 0.478 e. The number of rotatable bonds is 5. The first-order valence-electron chi connectivity index (χ1n) is 8.59. The molecule has 0 bridgehead atoms. The van der Waals surface area contributed by atoms with Crippen LogP contribution in [0.25, 0.3) is 0 Å². The Morgan fingerprint density at radius 2 is 2.00 bits per heavy atom. The van der Waals surface area contributed by atoms with Gasteiger partial charge in [-0.2, -0.15) is 0 Å². The molecule has 0 aromatic heterocycles. The van der Waals surface area contributed by atoms with Crippen molar-refractivity contribution in [3.63, 3.8) is 0 Å². The van der Waals surface area contributed by atoms with Crippen LogP contribution in [0, 0.1) is 10.1 Å². The summed E-state index contributed by atoms with van der Waals surface area (Å²) in [6.45, 7) is 5.33. The molecule has 1 atom stereocenters. The van der Waals surface area contributed by atoms with Crippen molar-refractivity contribution in [2.24, 2.45) is 0 Å². The van der Waals surface area contributed by atoms with Crippen LogP contribution in [0.4, 0.5) is 11.4 Å². The van der Waals surface area contributed by atoms with Crippen molar-refractivity contribution >= 4 is 17.3 Å². The van der Waals surface area contributed by atoms with Gasteiger partial charge in [0.1, 0.15) is 5.75 Å². The van der Waals surface area contributed by atoms with Crippen molar-refractivity contribution in [2.45, 2.75) is 38.7 Å². The second-order valence-electron chi connectivity index (χ2n) is 6.32. The second kappa shape index (κ2) is 7.17. The lowest BCUT2D eigenvalue weighted by atomic mass is 10.1. The maximum absolute atomic E-state index is 12.7. The molecule has 1 aromatic carbocycles. The molecule has 0 spiro atoms. The van der Waals surface area contributed by atoms with E-state index >= 15 is 0 Å². The number of non-ortho nitro benzene ring substituents is 1. The predicted molar refractivity (Wildman–Crippen MR) is 90.4 cm³/mol.